The minimum atomic E-state index is -0.0864. The van der Waals surface area contributed by atoms with Gasteiger partial charge >= 0.3 is 0 Å². The van der Waals surface area contributed by atoms with Crippen molar-refractivity contribution in [2.45, 2.75) is 33.2 Å². The number of amides is 1. The van der Waals surface area contributed by atoms with Crippen LogP contribution in [0, 0.1) is 13.8 Å². The maximum Gasteiger partial charge on any atom is 0.251 e. The Labute approximate surface area is 171 Å². The molecule has 0 radical (unpaired) electrons. The van der Waals surface area contributed by atoms with Crippen LogP contribution >= 0.6 is 0 Å². The number of carbonyl (C=O) groups is 1. The van der Waals surface area contributed by atoms with Crippen LogP contribution in [0.2, 0.25) is 0 Å². The summed E-state index contributed by atoms with van der Waals surface area (Å²) < 4.78 is 0. The number of rotatable bonds is 5. The van der Waals surface area contributed by atoms with E-state index in [0.717, 1.165) is 35.7 Å². The molecule has 1 N–H and O–H groups in total. The summed E-state index contributed by atoms with van der Waals surface area (Å²) in [7, 11) is 0. The zero-order valence-corrected chi connectivity index (χ0v) is 17.0. The van der Waals surface area contributed by atoms with Crippen LogP contribution < -0.4 is 10.2 Å². The largest absolute Gasteiger partial charge is 0.355 e. The van der Waals surface area contributed by atoms with Crippen molar-refractivity contribution in [3.05, 3.63) is 77.1 Å². The number of nitrogens with zero attached hydrogens (tertiary/aromatic N) is 3. The van der Waals surface area contributed by atoms with Crippen LogP contribution in [0.15, 0.2) is 54.9 Å². The number of carbonyl (C=O) groups excluding carboxylic acids is 1. The molecule has 0 atom stereocenters. The third-order valence-corrected chi connectivity index (χ3v) is 5.51. The van der Waals surface area contributed by atoms with Crippen molar-refractivity contribution >= 4 is 11.7 Å². The van der Waals surface area contributed by atoms with E-state index in [2.05, 4.69) is 52.2 Å². The minimum Gasteiger partial charge on any atom is -0.355 e. The molecule has 0 aliphatic carbocycles. The van der Waals surface area contributed by atoms with Gasteiger partial charge in [-0.3, -0.25) is 9.78 Å². The van der Waals surface area contributed by atoms with Gasteiger partial charge in [0.25, 0.3) is 5.91 Å². The highest BCUT2D eigenvalue weighted by Crippen LogP contribution is 2.29. The van der Waals surface area contributed by atoms with Gasteiger partial charge in [-0.05, 0) is 55.5 Å². The maximum atomic E-state index is 12.7. The predicted octanol–water partition coefficient (Wildman–Crippen LogP) is 4.29. The van der Waals surface area contributed by atoms with Crippen LogP contribution in [0.4, 0.5) is 5.82 Å². The topological polar surface area (TPSA) is 58.1 Å². The zero-order chi connectivity index (χ0) is 20.2. The number of hydrogen-bond acceptors (Lipinski definition) is 4. The fraction of sp³-hybridized carbons (Fsp3) is 0.292. The van der Waals surface area contributed by atoms with Crippen molar-refractivity contribution in [3.8, 4) is 11.3 Å². The molecule has 5 nitrogen and oxygen atoms in total. The molecule has 4 rings (SSSR count). The van der Waals surface area contributed by atoms with Gasteiger partial charge < -0.3 is 10.2 Å². The highest BCUT2D eigenvalue weighted by molar-refractivity contribution is 5.95. The second kappa shape index (κ2) is 8.43. The molecule has 1 aromatic heterocycles. The molecule has 2 aromatic carbocycles. The number of aryl methyl sites for hydroxylation is 2. The fourth-order valence-corrected chi connectivity index (χ4v) is 3.70. The molecule has 1 aliphatic rings. The molecule has 1 amide bonds. The third-order valence-electron chi connectivity index (χ3n) is 5.51. The Morgan fingerprint density at radius 2 is 1.79 bits per heavy atom. The first-order valence-corrected chi connectivity index (χ1v) is 10.1. The molecule has 3 aromatic rings. The van der Waals surface area contributed by atoms with Gasteiger partial charge in [0.1, 0.15) is 5.69 Å². The third kappa shape index (κ3) is 4.29. The van der Waals surface area contributed by atoms with E-state index in [4.69, 9.17) is 0 Å². The number of benzene rings is 2. The van der Waals surface area contributed by atoms with E-state index in [-0.39, 0.29) is 5.91 Å². The molecule has 29 heavy (non-hydrogen) atoms. The van der Waals surface area contributed by atoms with Gasteiger partial charge in [0, 0.05) is 43.2 Å². The Hall–Kier alpha value is -3.21. The Bertz CT molecular complexity index is 1020. The molecule has 2 heterocycles. The predicted molar refractivity (Wildman–Crippen MR) is 116 cm³/mol. The molecule has 0 saturated carbocycles. The zero-order valence-electron chi connectivity index (χ0n) is 17.0. The first-order chi connectivity index (χ1) is 14.1. The monoisotopic (exact) mass is 386 g/mol. The van der Waals surface area contributed by atoms with Crippen LogP contribution in [0.25, 0.3) is 11.3 Å². The summed E-state index contributed by atoms with van der Waals surface area (Å²) in [6.07, 6.45) is 5.80. The smallest absolute Gasteiger partial charge is 0.251 e. The van der Waals surface area contributed by atoms with E-state index in [1.807, 2.05) is 24.3 Å². The van der Waals surface area contributed by atoms with Crippen molar-refractivity contribution in [3.63, 3.8) is 0 Å². The second-order valence-electron chi connectivity index (χ2n) is 7.60. The standard InChI is InChI=1S/C24H26N4O/c1-17-8-9-19(14-18(17)2)16-27-24(29)21-7-5-6-20(15-21)22-23(26-11-10-25-22)28-12-3-4-13-28/h5-11,14-15H,3-4,12-13,16H2,1-2H3,(H,27,29). The molecule has 0 spiro atoms. The summed E-state index contributed by atoms with van der Waals surface area (Å²) >= 11 is 0. The van der Waals surface area contributed by atoms with E-state index in [1.165, 1.54) is 24.0 Å². The molecular formula is C24H26N4O. The Kier molecular flexibility index (Phi) is 5.56. The normalized spacial score (nSPS) is 13.5. The van der Waals surface area contributed by atoms with Gasteiger partial charge in [0.2, 0.25) is 0 Å². The van der Waals surface area contributed by atoms with Crippen LogP contribution in [-0.2, 0) is 6.54 Å². The van der Waals surface area contributed by atoms with E-state index < -0.39 is 0 Å². The minimum absolute atomic E-state index is 0.0864. The van der Waals surface area contributed by atoms with Crippen LogP contribution in [0.1, 0.15) is 39.9 Å². The molecule has 148 valence electrons. The van der Waals surface area contributed by atoms with E-state index in [0.29, 0.717) is 12.1 Å². The molecule has 1 saturated heterocycles. The molecule has 1 fully saturated rings. The van der Waals surface area contributed by atoms with Crippen molar-refractivity contribution in [2.24, 2.45) is 0 Å². The van der Waals surface area contributed by atoms with Gasteiger partial charge in [0.05, 0.1) is 0 Å². The Morgan fingerprint density at radius 1 is 1.00 bits per heavy atom. The molecular weight excluding hydrogens is 360 g/mol. The van der Waals surface area contributed by atoms with Crippen LogP contribution in [-0.4, -0.2) is 29.0 Å². The van der Waals surface area contributed by atoms with Crippen molar-refractivity contribution in [2.75, 3.05) is 18.0 Å². The first kappa shape index (κ1) is 19.1. The number of aromatic nitrogens is 2. The summed E-state index contributed by atoms with van der Waals surface area (Å²) in [4.78, 5) is 24.1. The van der Waals surface area contributed by atoms with Crippen LogP contribution in [0.5, 0.6) is 0 Å². The van der Waals surface area contributed by atoms with Crippen molar-refractivity contribution in [1.82, 2.24) is 15.3 Å². The van der Waals surface area contributed by atoms with Gasteiger partial charge in [-0.25, -0.2) is 4.98 Å². The van der Waals surface area contributed by atoms with E-state index in [9.17, 15) is 4.79 Å². The molecule has 5 heteroatoms. The SMILES string of the molecule is Cc1ccc(CNC(=O)c2cccc(-c3nccnc3N3CCCC3)c2)cc1C. The quantitative estimate of drug-likeness (QED) is 0.711. The second-order valence-corrected chi connectivity index (χ2v) is 7.60. The average Bonchev–Trinajstić information content (AvgIpc) is 3.29. The van der Waals surface area contributed by atoms with Gasteiger partial charge in [0.15, 0.2) is 5.82 Å². The summed E-state index contributed by atoms with van der Waals surface area (Å²) in [5, 5.41) is 3.02. The Morgan fingerprint density at radius 3 is 2.59 bits per heavy atom. The molecule has 0 bridgehead atoms. The summed E-state index contributed by atoms with van der Waals surface area (Å²) in [6.45, 7) is 6.69. The summed E-state index contributed by atoms with van der Waals surface area (Å²) in [5.41, 5.74) is 5.96. The maximum absolute atomic E-state index is 12.7. The lowest BCUT2D eigenvalue weighted by molar-refractivity contribution is 0.0951. The number of hydrogen-bond donors (Lipinski definition) is 1. The lowest BCUT2D eigenvalue weighted by Crippen LogP contribution is -2.23. The van der Waals surface area contributed by atoms with E-state index >= 15 is 0 Å². The van der Waals surface area contributed by atoms with Crippen molar-refractivity contribution < 1.29 is 4.79 Å². The van der Waals surface area contributed by atoms with Crippen molar-refractivity contribution in [1.29, 1.82) is 0 Å². The highest BCUT2D eigenvalue weighted by atomic mass is 16.1. The number of anilines is 1. The van der Waals surface area contributed by atoms with Crippen LogP contribution in [0.3, 0.4) is 0 Å². The molecule has 1 aliphatic heterocycles. The van der Waals surface area contributed by atoms with Gasteiger partial charge in [-0.15, -0.1) is 0 Å². The first-order valence-electron chi connectivity index (χ1n) is 10.1. The van der Waals surface area contributed by atoms with Gasteiger partial charge in [-0.2, -0.15) is 0 Å². The number of nitrogens with one attached hydrogen (secondary N) is 1. The average molecular weight is 386 g/mol. The van der Waals surface area contributed by atoms with Gasteiger partial charge in [-0.1, -0.05) is 30.3 Å². The fourth-order valence-electron chi connectivity index (χ4n) is 3.70. The van der Waals surface area contributed by atoms with E-state index in [1.54, 1.807) is 12.4 Å². The lowest BCUT2D eigenvalue weighted by Gasteiger charge is -2.19. The lowest BCUT2D eigenvalue weighted by atomic mass is 10.1. The highest BCUT2D eigenvalue weighted by Gasteiger charge is 2.19. The molecule has 0 unspecified atom stereocenters. The summed E-state index contributed by atoms with van der Waals surface area (Å²) in [6, 6.07) is 13.9. The summed E-state index contributed by atoms with van der Waals surface area (Å²) in [5.74, 6) is 0.814. The Balaban J connectivity index is 1.53.